The number of anilines is 1. The molecule has 0 radical (unpaired) electrons. The van der Waals surface area contributed by atoms with Crippen LogP contribution in [0.3, 0.4) is 0 Å². The number of likely N-dealkylation sites (tertiary alicyclic amines) is 1. The quantitative estimate of drug-likeness (QED) is 0.152. The van der Waals surface area contributed by atoms with Crippen molar-refractivity contribution in [2.45, 2.75) is 32.0 Å². The van der Waals surface area contributed by atoms with E-state index in [1.807, 2.05) is 73.1 Å². The fourth-order valence-corrected chi connectivity index (χ4v) is 6.00. The molecule has 0 bridgehead atoms. The van der Waals surface area contributed by atoms with Gasteiger partial charge in [-0.25, -0.2) is 0 Å². The van der Waals surface area contributed by atoms with Crippen LogP contribution < -0.4 is 9.64 Å². The number of benzene rings is 3. The summed E-state index contributed by atoms with van der Waals surface area (Å²) in [6.45, 7) is 3.77. The molecule has 2 aromatic heterocycles. The molecular weight excluding hydrogens is 682 g/mol. The van der Waals surface area contributed by atoms with Gasteiger partial charge in [-0.1, -0.05) is 47.5 Å². The SMILES string of the molecule is COc1ccc(N(Cc2ccnc(-c3ccc(Cl)cc3)c2)C2CCN(Cc3ccnc(-c4ccc(Cl)cc4)c3)CC2)cc1.Cl.Cl.Cl. The van der Waals surface area contributed by atoms with Crippen molar-refractivity contribution in [1.29, 1.82) is 0 Å². The number of methoxy groups -OCH3 is 1. The Balaban J connectivity index is 0.00000192. The normalized spacial score (nSPS) is 13.1. The van der Waals surface area contributed by atoms with Crippen LogP contribution in [0.25, 0.3) is 22.5 Å². The minimum atomic E-state index is 0. The number of piperidine rings is 1. The lowest BCUT2D eigenvalue weighted by Gasteiger charge is -2.40. The summed E-state index contributed by atoms with van der Waals surface area (Å²) in [7, 11) is 1.71. The Kier molecular flexibility index (Phi) is 14.5. The number of hydrogen-bond donors (Lipinski definition) is 0. The smallest absolute Gasteiger partial charge is 0.119 e. The largest absolute Gasteiger partial charge is 0.497 e. The first-order valence-corrected chi connectivity index (χ1v) is 15.3. The fourth-order valence-electron chi connectivity index (χ4n) is 5.75. The summed E-state index contributed by atoms with van der Waals surface area (Å²) in [6, 6.07) is 33.2. The molecule has 0 amide bonds. The van der Waals surface area contributed by atoms with Gasteiger partial charge in [0.1, 0.15) is 5.75 Å². The molecular formula is C36H37Cl5N4O. The summed E-state index contributed by atoms with van der Waals surface area (Å²) in [6.07, 6.45) is 5.97. The molecule has 46 heavy (non-hydrogen) atoms. The van der Waals surface area contributed by atoms with Crippen LogP contribution in [0.5, 0.6) is 5.75 Å². The molecule has 1 aliphatic heterocycles. The molecule has 0 spiro atoms. The minimum absolute atomic E-state index is 0. The van der Waals surface area contributed by atoms with Gasteiger partial charge >= 0.3 is 0 Å². The number of nitrogens with zero attached hydrogens (tertiary/aromatic N) is 4. The zero-order valence-corrected chi connectivity index (χ0v) is 29.4. The van der Waals surface area contributed by atoms with E-state index in [0.717, 1.165) is 77.3 Å². The first kappa shape index (κ1) is 37.4. The van der Waals surface area contributed by atoms with Gasteiger partial charge in [-0.2, -0.15) is 0 Å². The van der Waals surface area contributed by atoms with Crippen molar-refractivity contribution < 1.29 is 4.74 Å². The lowest BCUT2D eigenvalue weighted by molar-refractivity contribution is 0.201. The topological polar surface area (TPSA) is 41.5 Å². The summed E-state index contributed by atoms with van der Waals surface area (Å²) in [5.41, 5.74) is 7.77. The van der Waals surface area contributed by atoms with E-state index in [9.17, 15) is 0 Å². The number of aromatic nitrogens is 2. The third kappa shape index (κ3) is 9.51. The standard InChI is InChI=1S/C36H34Cl2N4O.3ClH/c1-43-34-12-10-32(11-13-34)42(25-27-15-19-40-36(23-27)29-4-8-31(38)9-5-29)33-16-20-41(21-17-33)24-26-14-18-39-35(22-26)28-2-6-30(37)7-3-28;;;/h2-15,18-19,22-23,33H,16-17,20-21,24-25H2,1H3;3*1H. The highest BCUT2D eigenvalue weighted by molar-refractivity contribution is 6.30. The Labute approximate surface area is 300 Å². The fraction of sp³-hybridized carbons (Fsp3) is 0.222. The Morgan fingerprint density at radius 3 is 1.72 bits per heavy atom. The molecule has 5 aromatic rings. The van der Waals surface area contributed by atoms with Crippen LogP contribution in [-0.2, 0) is 13.1 Å². The molecule has 6 rings (SSSR count). The zero-order valence-electron chi connectivity index (χ0n) is 25.4. The highest BCUT2D eigenvalue weighted by Gasteiger charge is 2.25. The molecule has 0 aliphatic carbocycles. The van der Waals surface area contributed by atoms with Crippen LogP contribution in [-0.4, -0.2) is 41.1 Å². The molecule has 0 unspecified atom stereocenters. The molecule has 0 N–H and O–H groups in total. The van der Waals surface area contributed by atoms with E-state index >= 15 is 0 Å². The molecule has 1 saturated heterocycles. The van der Waals surface area contributed by atoms with E-state index in [0.29, 0.717) is 6.04 Å². The molecule has 0 saturated carbocycles. The molecule has 1 aliphatic rings. The molecule has 3 heterocycles. The first-order valence-electron chi connectivity index (χ1n) is 14.6. The second kappa shape index (κ2) is 17.8. The van der Waals surface area contributed by atoms with E-state index in [-0.39, 0.29) is 37.2 Å². The molecule has 10 heteroatoms. The van der Waals surface area contributed by atoms with Gasteiger partial charge in [0.05, 0.1) is 18.5 Å². The van der Waals surface area contributed by atoms with Gasteiger partial charge in [-0.3, -0.25) is 14.9 Å². The Morgan fingerprint density at radius 2 is 1.20 bits per heavy atom. The van der Waals surface area contributed by atoms with E-state index in [2.05, 4.69) is 56.2 Å². The highest BCUT2D eigenvalue weighted by atomic mass is 35.5. The van der Waals surface area contributed by atoms with Crippen molar-refractivity contribution in [3.8, 4) is 28.3 Å². The average Bonchev–Trinajstić information content (AvgIpc) is 3.05. The zero-order chi connectivity index (χ0) is 29.6. The van der Waals surface area contributed by atoms with E-state index in [1.165, 1.54) is 16.8 Å². The maximum absolute atomic E-state index is 6.12. The third-order valence-electron chi connectivity index (χ3n) is 8.09. The second-order valence-electron chi connectivity index (χ2n) is 10.9. The number of halogens is 5. The van der Waals surface area contributed by atoms with Gasteiger partial charge in [-0.05, 0) is 96.8 Å². The van der Waals surface area contributed by atoms with Crippen LogP contribution in [0, 0.1) is 0 Å². The third-order valence-corrected chi connectivity index (χ3v) is 8.59. The van der Waals surface area contributed by atoms with Gasteiger partial charge < -0.3 is 9.64 Å². The number of pyridine rings is 2. The molecule has 0 atom stereocenters. The summed E-state index contributed by atoms with van der Waals surface area (Å²) in [4.78, 5) is 14.3. The number of hydrogen-bond acceptors (Lipinski definition) is 5. The Morgan fingerprint density at radius 1 is 0.696 bits per heavy atom. The minimum Gasteiger partial charge on any atom is -0.497 e. The van der Waals surface area contributed by atoms with Gasteiger partial charge in [0.15, 0.2) is 0 Å². The van der Waals surface area contributed by atoms with E-state index < -0.39 is 0 Å². The first-order chi connectivity index (χ1) is 21.0. The van der Waals surface area contributed by atoms with Gasteiger partial charge in [0.25, 0.3) is 0 Å². The summed E-state index contributed by atoms with van der Waals surface area (Å²) < 4.78 is 5.45. The van der Waals surface area contributed by atoms with Crippen molar-refractivity contribution in [3.63, 3.8) is 0 Å². The van der Waals surface area contributed by atoms with E-state index in [1.54, 1.807) is 7.11 Å². The van der Waals surface area contributed by atoms with Crippen molar-refractivity contribution >= 4 is 66.1 Å². The van der Waals surface area contributed by atoms with Crippen molar-refractivity contribution in [1.82, 2.24) is 14.9 Å². The predicted molar refractivity (Wildman–Crippen MR) is 199 cm³/mol. The van der Waals surface area contributed by atoms with Crippen molar-refractivity contribution in [2.75, 3.05) is 25.1 Å². The maximum atomic E-state index is 6.12. The number of rotatable bonds is 9. The predicted octanol–water partition coefficient (Wildman–Crippen LogP) is 10.1. The van der Waals surface area contributed by atoms with Crippen LogP contribution >= 0.6 is 60.4 Å². The summed E-state index contributed by atoms with van der Waals surface area (Å²) >= 11 is 12.2. The summed E-state index contributed by atoms with van der Waals surface area (Å²) in [5, 5.41) is 1.46. The Hall–Kier alpha value is -3.03. The van der Waals surface area contributed by atoms with Crippen molar-refractivity contribution in [2.24, 2.45) is 0 Å². The van der Waals surface area contributed by atoms with E-state index in [4.69, 9.17) is 27.9 Å². The molecule has 1 fully saturated rings. The monoisotopic (exact) mass is 716 g/mol. The van der Waals surface area contributed by atoms with Gasteiger partial charge in [-0.15, -0.1) is 37.2 Å². The number of ether oxygens (including phenoxy) is 1. The van der Waals surface area contributed by atoms with Crippen LogP contribution in [0.4, 0.5) is 5.69 Å². The average molecular weight is 719 g/mol. The van der Waals surface area contributed by atoms with Crippen molar-refractivity contribution in [3.05, 3.63) is 131 Å². The molecule has 3 aromatic carbocycles. The lowest BCUT2D eigenvalue weighted by Crippen LogP contribution is -2.44. The van der Waals surface area contributed by atoms with Crippen LogP contribution in [0.2, 0.25) is 10.0 Å². The Bertz CT molecular complexity index is 1650. The second-order valence-corrected chi connectivity index (χ2v) is 11.8. The van der Waals surface area contributed by atoms with Gasteiger partial charge in [0.2, 0.25) is 0 Å². The molecule has 5 nitrogen and oxygen atoms in total. The van der Waals surface area contributed by atoms with Gasteiger partial charge in [0, 0.05) is 71.5 Å². The van der Waals surface area contributed by atoms with Crippen LogP contribution in [0.1, 0.15) is 24.0 Å². The maximum Gasteiger partial charge on any atom is 0.119 e. The highest BCUT2D eigenvalue weighted by Crippen LogP contribution is 2.30. The molecule has 242 valence electrons. The summed E-state index contributed by atoms with van der Waals surface area (Å²) in [5.74, 6) is 0.864. The van der Waals surface area contributed by atoms with Crippen LogP contribution in [0.15, 0.2) is 109 Å². The lowest BCUT2D eigenvalue weighted by atomic mass is 10.00.